The van der Waals surface area contributed by atoms with Gasteiger partial charge in [-0.1, -0.05) is 25.1 Å². The number of methoxy groups -OCH3 is 1. The Morgan fingerprint density at radius 1 is 1.30 bits per heavy atom. The number of ether oxygens (including phenoxy) is 1. The first-order chi connectivity index (χ1) is 9.74. The zero-order valence-corrected chi connectivity index (χ0v) is 12.4. The van der Waals surface area contributed by atoms with Crippen LogP contribution < -0.4 is 10.1 Å². The van der Waals surface area contributed by atoms with Gasteiger partial charge in [0.15, 0.2) is 0 Å². The average molecular weight is 273 g/mol. The van der Waals surface area contributed by atoms with E-state index >= 15 is 0 Å². The minimum absolute atomic E-state index is 0.289. The topological polar surface area (TPSA) is 39.1 Å². The Morgan fingerprint density at radius 2 is 2.10 bits per heavy atom. The van der Waals surface area contributed by atoms with Crippen molar-refractivity contribution in [3.63, 3.8) is 0 Å². The molecule has 0 fully saturated rings. The van der Waals surface area contributed by atoms with Crippen LogP contribution in [0.2, 0.25) is 0 Å². The minimum atomic E-state index is 0.289. The van der Waals surface area contributed by atoms with Gasteiger partial charge in [-0.2, -0.15) is 5.10 Å². The normalized spacial score (nSPS) is 13.9. The molecular formula is C16H23N3O. The zero-order chi connectivity index (χ0) is 14.4. The lowest BCUT2D eigenvalue weighted by atomic mass is 10.0. The van der Waals surface area contributed by atoms with E-state index in [1.165, 1.54) is 5.56 Å². The molecule has 108 valence electrons. The predicted octanol–water partition coefficient (Wildman–Crippen LogP) is 3.02. The molecule has 0 saturated carbocycles. The van der Waals surface area contributed by atoms with E-state index in [0.717, 1.165) is 18.7 Å². The van der Waals surface area contributed by atoms with Crippen molar-refractivity contribution in [2.24, 2.45) is 0 Å². The molecule has 2 rings (SSSR count). The second-order valence-electron chi connectivity index (χ2n) is 5.00. The van der Waals surface area contributed by atoms with Crippen molar-refractivity contribution < 1.29 is 4.74 Å². The number of nitrogens with zero attached hydrogens (tertiary/aromatic N) is 2. The van der Waals surface area contributed by atoms with Gasteiger partial charge < -0.3 is 10.1 Å². The molecule has 4 heteroatoms. The predicted molar refractivity (Wildman–Crippen MR) is 80.9 cm³/mol. The molecule has 1 aromatic heterocycles. The quantitative estimate of drug-likeness (QED) is 0.843. The Bertz CT molecular complexity index is 510. The molecule has 2 unspecified atom stereocenters. The summed E-state index contributed by atoms with van der Waals surface area (Å²) < 4.78 is 7.41. The molecule has 2 aromatic rings. The number of benzene rings is 1. The molecule has 0 aliphatic heterocycles. The molecule has 0 bridgehead atoms. The van der Waals surface area contributed by atoms with Gasteiger partial charge in [0.25, 0.3) is 0 Å². The fourth-order valence-corrected chi connectivity index (χ4v) is 2.47. The van der Waals surface area contributed by atoms with E-state index in [2.05, 4.69) is 36.4 Å². The molecule has 0 radical (unpaired) electrons. The maximum atomic E-state index is 5.46. The lowest BCUT2D eigenvalue weighted by Crippen LogP contribution is -2.34. The summed E-state index contributed by atoms with van der Waals surface area (Å²) in [5.41, 5.74) is 1.21. The van der Waals surface area contributed by atoms with Crippen molar-refractivity contribution >= 4 is 0 Å². The fraction of sp³-hybridized carbons (Fsp3) is 0.438. The number of para-hydroxylation sites is 1. The summed E-state index contributed by atoms with van der Waals surface area (Å²) >= 11 is 0. The molecule has 4 nitrogen and oxygen atoms in total. The lowest BCUT2D eigenvalue weighted by molar-refractivity contribution is 0.369. The number of aromatic nitrogens is 2. The van der Waals surface area contributed by atoms with E-state index in [9.17, 15) is 0 Å². The number of nitrogens with one attached hydrogen (secondary N) is 1. The molecule has 2 atom stereocenters. The first-order valence-corrected chi connectivity index (χ1v) is 7.11. The largest absolute Gasteiger partial charge is 0.496 e. The molecule has 0 amide bonds. The zero-order valence-electron chi connectivity index (χ0n) is 12.4. The average Bonchev–Trinajstić information content (AvgIpc) is 2.97. The molecular weight excluding hydrogens is 250 g/mol. The van der Waals surface area contributed by atoms with E-state index in [1.807, 2.05) is 35.3 Å². The smallest absolute Gasteiger partial charge is 0.123 e. The molecule has 1 N–H and O–H groups in total. The molecule has 1 aromatic carbocycles. The highest BCUT2D eigenvalue weighted by atomic mass is 16.5. The van der Waals surface area contributed by atoms with Crippen LogP contribution in [0.15, 0.2) is 42.7 Å². The lowest BCUT2D eigenvalue weighted by Gasteiger charge is -2.24. The Balaban J connectivity index is 2.04. The van der Waals surface area contributed by atoms with Crippen molar-refractivity contribution in [1.82, 2.24) is 15.1 Å². The molecule has 1 heterocycles. The number of hydrogen-bond acceptors (Lipinski definition) is 3. The summed E-state index contributed by atoms with van der Waals surface area (Å²) in [4.78, 5) is 0. The summed E-state index contributed by atoms with van der Waals surface area (Å²) in [7, 11) is 1.72. The van der Waals surface area contributed by atoms with Gasteiger partial charge in [-0.05, 0) is 25.5 Å². The van der Waals surface area contributed by atoms with Crippen LogP contribution >= 0.6 is 0 Å². The van der Waals surface area contributed by atoms with Crippen LogP contribution in [-0.2, 0) is 6.54 Å². The van der Waals surface area contributed by atoms with Gasteiger partial charge in [-0.3, -0.25) is 4.68 Å². The van der Waals surface area contributed by atoms with Gasteiger partial charge in [0.05, 0.1) is 13.7 Å². The second kappa shape index (κ2) is 7.10. The number of hydrogen-bond donors (Lipinski definition) is 1. The highest BCUT2D eigenvalue weighted by Gasteiger charge is 2.16. The maximum Gasteiger partial charge on any atom is 0.123 e. The Kier molecular flexibility index (Phi) is 5.18. The van der Waals surface area contributed by atoms with Crippen LogP contribution in [0.4, 0.5) is 0 Å². The van der Waals surface area contributed by atoms with Crippen molar-refractivity contribution in [1.29, 1.82) is 0 Å². The van der Waals surface area contributed by atoms with Gasteiger partial charge >= 0.3 is 0 Å². The van der Waals surface area contributed by atoms with Crippen LogP contribution in [0.3, 0.4) is 0 Å². The first kappa shape index (κ1) is 14.6. The van der Waals surface area contributed by atoms with E-state index in [0.29, 0.717) is 6.04 Å². The van der Waals surface area contributed by atoms with Crippen molar-refractivity contribution in [3.8, 4) is 5.75 Å². The Labute approximate surface area is 120 Å². The van der Waals surface area contributed by atoms with Crippen LogP contribution in [0.1, 0.15) is 31.9 Å². The summed E-state index contributed by atoms with van der Waals surface area (Å²) in [5, 5.41) is 7.90. The highest BCUT2D eigenvalue weighted by molar-refractivity contribution is 5.35. The van der Waals surface area contributed by atoms with Gasteiger partial charge in [0.1, 0.15) is 5.75 Å². The fourth-order valence-electron chi connectivity index (χ4n) is 2.47. The third kappa shape index (κ3) is 3.61. The summed E-state index contributed by atoms with van der Waals surface area (Å²) in [6.07, 6.45) is 4.82. The maximum absolute atomic E-state index is 5.46. The molecule has 0 aliphatic carbocycles. The SMILES string of the molecule is CCC(NC(C)Cn1cccn1)c1ccccc1OC. The first-order valence-electron chi connectivity index (χ1n) is 7.11. The van der Waals surface area contributed by atoms with E-state index in [1.54, 1.807) is 7.11 Å². The van der Waals surface area contributed by atoms with Gasteiger partial charge in [0.2, 0.25) is 0 Å². The van der Waals surface area contributed by atoms with Crippen LogP contribution in [-0.4, -0.2) is 22.9 Å². The van der Waals surface area contributed by atoms with Crippen LogP contribution in [0.25, 0.3) is 0 Å². The third-order valence-corrected chi connectivity index (χ3v) is 3.43. The molecule has 0 aliphatic rings. The van der Waals surface area contributed by atoms with E-state index < -0.39 is 0 Å². The van der Waals surface area contributed by atoms with Crippen molar-refractivity contribution in [2.45, 2.75) is 38.9 Å². The second-order valence-corrected chi connectivity index (χ2v) is 5.00. The summed E-state index contributed by atoms with van der Waals surface area (Å²) in [6.45, 7) is 5.23. The minimum Gasteiger partial charge on any atom is -0.496 e. The highest BCUT2D eigenvalue weighted by Crippen LogP contribution is 2.27. The standard InChI is InChI=1S/C16H23N3O/c1-4-15(14-8-5-6-9-16(14)20-3)18-13(2)12-19-11-7-10-17-19/h5-11,13,15,18H,4,12H2,1-3H3. The molecule has 0 saturated heterocycles. The van der Waals surface area contributed by atoms with E-state index in [4.69, 9.17) is 4.74 Å². The Hall–Kier alpha value is -1.81. The van der Waals surface area contributed by atoms with Gasteiger partial charge in [0, 0.05) is 30.0 Å². The van der Waals surface area contributed by atoms with Gasteiger partial charge in [-0.25, -0.2) is 0 Å². The Morgan fingerprint density at radius 3 is 2.75 bits per heavy atom. The summed E-state index contributed by atoms with van der Waals surface area (Å²) in [5.74, 6) is 0.943. The van der Waals surface area contributed by atoms with Crippen molar-refractivity contribution in [2.75, 3.05) is 7.11 Å². The molecule has 0 spiro atoms. The summed E-state index contributed by atoms with van der Waals surface area (Å²) in [6, 6.07) is 10.8. The third-order valence-electron chi connectivity index (χ3n) is 3.43. The van der Waals surface area contributed by atoms with Crippen molar-refractivity contribution in [3.05, 3.63) is 48.3 Å². The van der Waals surface area contributed by atoms with Gasteiger partial charge in [-0.15, -0.1) is 0 Å². The monoisotopic (exact) mass is 273 g/mol. The van der Waals surface area contributed by atoms with Crippen LogP contribution in [0.5, 0.6) is 5.75 Å². The molecule has 20 heavy (non-hydrogen) atoms. The number of rotatable bonds is 7. The van der Waals surface area contributed by atoms with Crippen LogP contribution in [0, 0.1) is 0 Å². The van der Waals surface area contributed by atoms with E-state index in [-0.39, 0.29) is 6.04 Å².